The van der Waals surface area contributed by atoms with Gasteiger partial charge in [0.25, 0.3) is 0 Å². The van der Waals surface area contributed by atoms with Crippen molar-refractivity contribution in [3.63, 3.8) is 0 Å². The van der Waals surface area contributed by atoms with Gasteiger partial charge in [0.2, 0.25) is 0 Å². The van der Waals surface area contributed by atoms with Crippen LogP contribution in [0.4, 0.5) is 5.69 Å². The van der Waals surface area contributed by atoms with E-state index in [4.69, 9.17) is 9.84 Å². The Kier molecular flexibility index (Phi) is 4.69. The number of carboxylic acid groups (broad SMARTS) is 1. The zero-order chi connectivity index (χ0) is 13.8. The van der Waals surface area contributed by atoms with Crippen LogP contribution in [0.1, 0.15) is 0 Å². The summed E-state index contributed by atoms with van der Waals surface area (Å²) in [5.41, 5.74) is 0.364. The maximum absolute atomic E-state index is 11.5. The Bertz CT molecular complexity index is 526. The van der Waals surface area contributed by atoms with Crippen molar-refractivity contribution in [2.45, 2.75) is 11.0 Å². The summed E-state index contributed by atoms with van der Waals surface area (Å²) < 4.78 is 27.8. The first-order valence-electron chi connectivity index (χ1n) is 5.15. The van der Waals surface area contributed by atoms with Crippen LogP contribution in [0, 0.1) is 0 Å². The van der Waals surface area contributed by atoms with Crippen molar-refractivity contribution in [1.29, 1.82) is 0 Å². The summed E-state index contributed by atoms with van der Waals surface area (Å²) in [5, 5.41) is 11.6. The third-order valence-electron chi connectivity index (χ3n) is 2.32. The zero-order valence-electron chi connectivity index (χ0n) is 10.1. The minimum atomic E-state index is -3.36. The van der Waals surface area contributed by atoms with Crippen LogP contribution in [0.25, 0.3) is 0 Å². The molecule has 0 bridgehead atoms. The van der Waals surface area contributed by atoms with E-state index in [0.29, 0.717) is 5.69 Å². The molecule has 1 atom stereocenters. The number of methoxy groups -OCH3 is 1. The lowest BCUT2D eigenvalue weighted by atomic mass is 10.3. The van der Waals surface area contributed by atoms with Gasteiger partial charge in [-0.05, 0) is 12.1 Å². The largest absolute Gasteiger partial charge is 0.479 e. The van der Waals surface area contributed by atoms with Crippen LogP contribution in [-0.2, 0) is 19.4 Å². The molecule has 0 aromatic heterocycles. The maximum Gasteiger partial charge on any atom is 0.334 e. The van der Waals surface area contributed by atoms with E-state index in [2.05, 4.69) is 5.32 Å². The Morgan fingerprint density at radius 1 is 1.44 bits per heavy atom. The monoisotopic (exact) mass is 273 g/mol. The van der Waals surface area contributed by atoms with Gasteiger partial charge in [0.1, 0.15) is 0 Å². The number of aliphatic carboxylic acids is 1. The fourth-order valence-electron chi connectivity index (χ4n) is 1.41. The second kappa shape index (κ2) is 5.83. The summed E-state index contributed by atoms with van der Waals surface area (Å²) in [6, 6.07) is 6.30. The van der Waals surface area contributed by atoms with Gasteiger partial charge >= 0.3 is 5.97 Å². The minimum Gasteiger partial charge on any atom is -0.479 e. The molecule has 100 valence electrons. The first kappa shape index (κ1) is 14.5. The Hall–Kier alpha value is -1.60. The molecule has 0 aliphatic rings. The van der Waals surface area contributed by atoms with E-state index < -0.39 is 21.9 Å². The standard InChI is InChI=1S/C11H15NO5S/c1-17-9(11(13)14)7-12-8-5-3-4-6-10(8)18(2,15)16/h3-6,9,12H,7H2,1-2H3,(H,13,14). The summed E-state index contributed by atoms with van der Waals surface area (Å²) in [4.78, 5) is 10.9. The van der Waals surface area contributed by atoms with Gasteiger partial charge in [0, 0.05) is 13.4 Å². The number of nitrogens with one attached hydrogen (secondary N) is 1. The first-order chi connectivity index (χ1) is 8.36. The SMILES string of the molecule is COC(CNc1ccccc1S(C)(=O)=O)C(=O)O. The molecule has 0 heterocycles. The highest BCUT2D eigenvalue weighted by molar-refractivity contribution is 7.90. The lowest BCUT2D eigenvalue weighted by Crippen LogP contribution is -2.30. The van der Waals surface area contributed by atoms with Crippen molar-refractivity contribution >= 4 is 21.5 Å². The van der Waals surface area contributed by atoms with E-state index >= 15 is 0 Å². The number of rotatable bonds is 6. The molecule has 7 heteroatoms. The normalized spacial score (nSPS) is 13.0. The lowest BCUT2D eigenvalue weighted by Gasteiger charge is -2.14. The number of anilines is 1. The van der Waals surface area contributed by atoms with Gasteiger partial charge in [0.05, 0.1) is 17.1 Å². The molecular formula is C11H15NO5S. The fourth-order valence-corrected chi connectivity index (χ4v) is 2.28. The highest BCUT2D eigenvalue weighted by atomic mass is 32.2. The third kappa shape index (κ3) is 3.71. The topological polar surface area (TPSA) is 92.7 Å². The molecule has 0 saturated carbocycles. The third-order valence-corrected chi connectivity index (χ3v) is 3.48. The number of sulfone groups is 1. The quantitative estimate of drug-likeness (QED) is 0.788. The number of carboxylic acids is 1. The van der Waals surface area contributed by atoms with E-state index in [1.165, 1.54) is 13.2 Å². The smallest absolute Gasteiger partial charge is 0.334 e. The van der Waals surface area contributed by atoms with Gasteiger partial charge in [-0.1, -0.05) is 12.1 Å². The van der Waals surface area contributed by atoms with Crippen molar-refractivity contribution in [2.75, 3.05) is 25.2 Å². The van der Waals surface area contributed by atoms with Crippen LogP contribution in [0.2, 0.25) is 0 Å². The number of para-hydroxylation sites is 1. The van der Waals surface area contributed by atoms with Crippen LogP contribution in [-0.4, -0.2) is 45.5 Å². The molecule has 0 amide bonds. The predicted molar refractivity (Wildman–Crippen MR) is 66.5 cm³/mol. The van der Waals surface area contributed by atoms with Crippen LogP contribution in [0.5, 0.6) is 0 Å². The van der Waals surface area contributed by atoms with Gasteiger partial charge in [-0.3, -0.25) is 0 Å². The summed E-state index contributed by atoms with van der Waals surface area (Å²) in [5.74, 6) is -1.11. The second-order valence-corrected chi connectivity index (χ2v) is 5.70. The molecular weight excluding hydrogens is 258 g/mol. The summed E-state index contributed by atoms with van der Waals surface area (Å²) >= 11 is 0. The van der Waals surface area contributed by atoms with Gasteiger partial charge in [-0.2, -0.15) is 0 Å². The average Bonchev–Trinajstić information content (AvgIpc) is 2.28. The number of hydrogen-bond donors (Lipinski definition) is 2. The molecule has 1 unspecified atom stereocenters. The van der Waals surface area contributed by atoms with E-state index in [-0.39, 0.29) is 11.4 Å². The predicted octanol–water partition coefficient (Wildman–Crippen LogP) is 0.602. The van der Waals surface area contributed by atoms with Crippen molar-refractivity contribution < 1.29 is 23.1 Å². The molecule has 0 radical (unpaired) electrons. The maximum atomic E-state index is 11.5. The van der Waals surface area contributed by atoms with Gasteiger partial charge in [-0.15, -0.1) is 0 Å². The average molecular weight is 273 g/mol. The first-order valence-corrected chi connectivity index (χ1v) is 7.04. The number of ether oxygens (including phenoxy) is 1. The van der Waals surface area contributed by atoms with Crippen molar-refractivity contribution in [3.05, 3.63) is 24.3 Å². The Morgan fingerprint density at radius 2 is 2.06 bits per heavy atom. The number of hydrogen-bond acceptors (Lipinski definition) is 5. The molecule has 0 aliphatic heterocycles. The van der Waals surface area contributed by atoms with E-state index in [1.54, 1.807) is 18.2 Å². The molecule has 1 rings (SSSR count). The van der Waals surface area contributed by atoms with Crippen molar-refractivity contribution in [1.82, 2.24) is 0 Å². The highest BCUT2D eigenvalue weighted by Gasteiger charge is 2.18. The van der Waals surface area contributed by atoms with E-state index in [1.807, 2.05) is 0 Å². The number of carbonyl (C=O) groups is 1. The highest BCUT2D eigenvalue weighted by Crippen LogP contribution is 2.20. The van der Waals surface area contributed by atoms with Gasteiger partial charge < -0.3 is 15.2 Å². The molecule has 1 aromatic carbocycles. The zero-order valence-corrected chi connectivity index (χ0v) is 10.9. The fraction of sp³-hybridized carbons (Fsp3) is 0.364. The number of benzene rings is 1. The molecule has 0 aliphatic carbocycles. The molecule has 18 heavy (non-hydrogen) atoms. The minimum absolute atomic E-state index is 0.0155. The van der Waals surface area contributed by atoms with Gasteiger partial charge in [-0.25, -0.2) is 13.2 Å². The van der Waals surface area contributed by atoms with E-state index in [0.717, 1.165) is 6.26 Å². The Labute approximate surface area is 106 Å². The van der Waals surface area contributed by atoms with Crippen LogP contribution in [0.15, 0.2) is 29.2 Å². The molecule has 2 N–H and O–H groups in total. The lowest BCUT2D eigenvalue weighted by molar-refractivity contribution is -0.147. The van der Waals surface area contributed by atoms with Crippen LogP contribution < -0.4 is 5.32 Å². The Balaban J connectivity index is 2.89. The summed E-state index contributed by atoms with van der Waals surface area (Å²) in [6.07, 6.45) is 0.0658. The van der Waals surface area contributed by atoms with E-state index in [9.17, 15) is 13.2 Å². The van der Waals surface area contributed by atoms with Gasteiger partial charge in [0.15, 0.2) is 15.9 Å². The second-order valence-electron chi connectivity index (χ2n) is 3.71. The summed E-state index contributed by atoms with van der Waals surface area (Å²) in [7, 11) is -2.08. The molecule has 6 nitrogen and oxygen atoms in total. The molecule has 0 saturated heterocycles. The molecule has 1 aromatic rings. The summed E-state index contributed by atoms with van der Waals surface area (Å²) in [6.45, 7) is -0.0155. The molecule has 0 fully saturated rings. The Morgan fingerprint density at radius 3 is 2.56 bits per heavy atom. The van der Waals surface area contributed by atoms with Crippen molar-refractivity contribution in [3.8, 4) is 0 Å². The van der Waals surface area contributed by atoms with Crippen LogP contribution >= 0.6 is 0 Å². The van der Waals surface area contributed by atoms with Crippen molar-refractivity contribution in [2.24, 2.45) is 0 Å². The molecule has 0 spiro atoms. The van der Waals surface area contributed by atoms with Crippen LogP contribution in [0.3, 0.4) is 0 Å².